The first-order chi connectivity index (χ1) is 7.79. The molecule has 0 atom stereocenters. The van der Waals surface area contributed by atoms with E-state index in [0.717, 1.165) is 0 Å². The van der Waals surface area contributed by atoms with Gasteiger partial charge in [-0.25, -0.2) is 0 Å². The van der Waals surface area contributed by atoms with Crippen molar-refractivity contribution in [1.82, 2.24) is 6.15 Å². The molecule has 3 rings (SSSR count). The molecule has 2 aromatic rings. The topological polar surface area (TPSA) is 69.1 Å². The molecular formula is C14H11ClNO2-. The van der Waals surface area contributed by atoms with Gasteiger partial charge in [0.2, 0.25) is 0 Å². The predicted molar refractivity (Wildman–Crippen MR) is 64.8 cm³/mol. The van der Waals surface area contributed by atoms with Crippen molar-refractivity contribution >= 4 is 11.6 Å². The quantitative estimate of drug-likeness (QED) is 0.600. The van der Waals surface area contributed by atoms with Crippen molar-refractivity contribution < 1.29 is 22.0 Å². The first-order valence-corrected chi connectivity index (χ1v) is 5.06. The highest BCUT2D eigenvalue weighted by atomic mass is 35.5. The van der Waals surface area contributed by atoms with Crippen molar-refractivity contribution in [3.05, 3.63) is 70.8 Å². The second kappa shape index (κ2) is 5.12. The van der Waals surface area contributed by atoms with Crippen LogP contribution in [0.4, 0.5) is 0 Å². The molecule has 0 saturated heterocycles. The van der Waals surface area contributed by atoms with Gasteiger partial charge >= 0.3 is 0 Å². The first kappa shape index (κ1) is 14.1. The van der Waals surface area contributed by atoms with Crippen LogP contribution in [0.15, 0.2) is 48.5 Å². The molecule has 0 saturated carbocycles. The van der Waals surface area contributed by atoms with Gasteiger partial charge in [-0.15, -0.1) is 0 Å². The van der Waals surface area contributed by atoms with Gasteiger partial charge in [-0.05, 0) is 0 Å². The zero-order valence-corrected chi connectivity index (χ0v) is 10.3. The summed E-state index contributed by atoms with van der Waals surface area (Å²) in [6, 6.07) is 13.9. The standard InChI is InChI=1S/C14H8O2.ClH.H3N/c15-13-9-5-1-2-6-10(9)14(16)12-8-4-3-7-11(12)13;;/h1-8H;1H;1H3/p-1. The van der Waals surface area contributed by atoms with Crippen molar-refractivity contribution in [3.63, 3.8) is 0 Å². The number of fused-ring (bicyclic) bond motifs is 2. The number of carbonyl (C=O) groups is 2. The maximum Gasteiger partial charge on any atom is 0.194 e. The number of hydrogen-bond donors (Lipinski definition) is 1. The number of rotatable bonds is 0. The average molecular weight is 261 g/mol. The summed E-state index contributed by atoms with van der Waals surface area (Å²) in [6.45, 7) is 0. The molecule has 0 spiro atoms. The molecule has 0 aromatic heterocycles. The van der Waals surface area contributed by atoms with Crippen LogP contribution in [-0.4, -0.2) is 11.6 Å². The number of carbonyl (C=O) groups excluding carboxylic acids is 2. The molecule has 3 N–H and O–H groups in total. The third-order valence-corrected chi connectivity index (χ3v) is 2.83. The summed E-state index contributed by atoms with van der Waals surface area (Å²) >= 11 is 0. The SMILES string of the molecule is N.O=C1c2ccccc2C(=O)c2ccccc21.[Cl-]. The van der Waals surface area contributed by atoms with E-state index in [2.05, 4.69) is 0 Å². The molecule has 0 radical (unpaired) electrons. The Balaban J connectivity index is 0.000000810. The molecule has 18 heavy (non-hydrogen) atoms. The fourth-order valence-electron chi connectivity index (χ4n) is 2.05. The zero-order valence-electron chi connectivity index (χ0n) is 9.52. The Morgan fingerprint density at radius 3 is 1.00 bits per heavy atom. The normalized spacial score (nSPS) is 11.8. The van der Waals surface area contributed by atoms with Crippen LogP contribution in [0.25, 0.3) is 0 Å². The van der Waals surface area contributed by atoms with Crippen LogP contribution in [-0.2, 0) is 0 Å². The smallest absolute Gasteiger partial charge is 0.194 e. The monoisotopic (exact) mass is 260 g/mol. The molecule has 2 aromatic carbocycles. The number of ketones is 2. The van der Waals surface area contributed by atoms with E-state index in [1.54, 1.807) is 48.5 Å². The Bertz CT molecular complexity index is 517. The van der Waals surface area contributed by atoms with Crippen molar-refractivity contribution in [2.24, 2.45) is 0 Å². The van der Waals surface area contributed by atoms with Crippen LogP contribution in [0.2, 0.25) is 0 Å². The lowest BCUT2D eigenvalue weighted by Crippen LogP contribution is -3.00. The lowest BCUT2D eigenvalue weighted by atomic mass is 9.84. The highest BCUT2D eigenvalue weighted by Gasteiger charge is 2.28. The average Bonchev–Trinajstić information content (AvgIpc) is 2.36. The van der Waals surface area contributed by atoms with E-state index in [1.807, 2.05) is 0 Å². The summed E-state index contributed by atoms with van der Waals surface area (Å²) < 4.78 is 0. The van der Waals surface area contributed by atoms with E-state index < -0.39 is 0 Å². The Kier molecular flexibility index (Phi) is 4.01. The summed E-state index contributed by atoms with van der Waals surface area (Å²) in [5.74, 6) is -0.128. The zero-order chi connectivity index (χ0) is 11.1. The molecule has 1 aliphatic carbocycles. The molecule has 3 nitrogen and oxygen atoms in total. The second-order valence-electron chi connectivity index (χ2n) is 3.75. The van der Waals surface area contributed by atoms with Gasteiger partial charge in [0.15, 0.2) is 11.6 Å². The number of benzene rings is 2. The molecule has 0 unspecified atom stereocenters. The van der Waals surface area contributed by atoms with Crippen molar-refractivity contribution in [2.45, 2.75) is 0 Å². The van der Waals surface area contributed by atoms with Gasteiger partial charge in [-0.2, -0.15) is 0 Å². The van der Waals surface area contributed by atoms with Gasteiger partial charge in [0.05, 0.1) is 0 Å². The van der Waals surface area contributed by atoms with E-state index in [-0.39, 0.29) is 30.1 Å². The Morgan fingerprint density at radius 1 is 0.556 bits per heavy atom. The molecule has 0 aliphatic heterocycles. The van der Waals surface area contributed by atoms with Crippen LogP contribution < -0.4 is 18.6 Å². The Labute approximate surface area is 111 Å². The Hall–Kier alpha value is -1.97. The fourth-order valence-corrected chi connectivity index (χ4v) is 2.05. The van der Waals surface area contributed by atoms with Gasteiger partial charge in [0.1, 0.15) is 0 Å². The third-order valence-electron chi connectivity index (χ3n) is 2.83. The van der Waals surface area contributed by atoms with Gasteiger partial charge in [0.25, 0.3) is 0 Å². The van der Waals surface area contributed by atoms with Gasteiger partial charge in [-0.3, -0.25) is 9.59 Å². The number of halogens is 1. The lowest BCUT2D eigenvalue weighted by molar-refractivity contribution is -0.0000175. The minimum atomic E-state index is -0.0641. The van der Waals surface area contributed by atoms with E-state index in [4.69, 9.17) is 0 Å². The molecule has 0 bridgehead atoms. The maximum atomic E-state index is 12.1. The van der Waals surface area contributed by atoms with Gasteiger partial charge < -0.3 is 18.6 Å². The summed E-state index contributed by atoms with van der Waals surface area (Å²) in [6.07, 6.45) is 0. The van der Waals surface area contributed by atoms with Crippen LogP contribution in [0, 0.1) is 0 Å². The van der Waals surface area contributed by atoms with E-state index in [9.17, 15) is 9.59 Å². The molecule has 4 heteroatoms. The summed E-state index contributed by atoms with van der Waals surface area (Å²) in [4.78, 5) is 24.2. The number of hydrogen-bond acceptors (Lipinski definition) is 3. The molecule has 92 valence electrons. The molecule has 0 heterocycles. The van der Waals surface area contributed by atoms with Crippen molar-refractivity contribution in [2.75, 3.05) is 0 Å². The molecule has 0 amide bonds. The van der Waals surface area contributed by atoms with Crippen LogP contribution in [0.1, 0.15) is 31.8 Å². The fraction of sp³-hybridized carbons (Fsp3) is 0. The lowest BCUT2D eigenvalue weighted by Gasteiger charge is -2.16. The van der Waals surface area contributed by atoms with Crippen LogP contribution in [0.5, 0.6) is 0 Å². The van der Waals surface area contributed by atoms with Gasteiger partial charge in [0, 0.05) is 22.3 Å². The van der Waals surface area contributed by atoms with E-state index in [1.165, 1.54) is 0 Å². The van der Waals surface area contributed by atoms with E-state index in [0.29, 0.717) is 22.3 Å². The summed E-state index contributed by atoms with van der Waals surface area (Å²) in [7, 11) is 0. The maximum absolute atomic E-state index is 12.1. The first-order valence-electron chi connectivity index (χ1n) is 5.06. The highest BCUT2D eigenvalue weighted by molar-refractivity contribution is 6.28. The van der Waals surface area contributed by atoms with Crippen LogP contribution in [0.3, 0.4) is 0 Å². The van der Waals surface area contributed by atoms with Gasteiger partial charge in [-0.1, -0.05) is 48.5 Å². The predicted octanol–water partition coefficient (Wildman–Crippen LogP) is -0.372. The minimum absolute atomic E-state index is 0. The summed E-state index contributed by atoms with van der Waals surface area (Å²) in [5, 5.41) is 0. The van der Waals surface area contributed by atoms with Crippen LogP contribution >= 0.6 is 0 Å². The van der Waals surface area contributed by atoms with E-state index >= 15 is 0 Å². The molecule has 0 fully saturated rings. The third kappa shape index (κ3) is 1.83. The van der Waals surface area contributed by atoms with Crippen molar-refractivity contribution in [1.29, 1.82) is 0 Å². The highest BCUT2D eigenvalue weighted by Crippen LogP contribution is 2.26. The minimum Gasteiger partial charge on any atom is -1.00 e. The summed E-state index contributed by atoms with van der Waals surface area (Å²) in [5.41, 5.74) is 2.02. The molecular weight excluding hydrogens is 250 g/mol. The van der Waals surface area contributed by atoms with Crippen molar-refractivity contribution in [3.8, 4) is 0 Å². The Morgan fingerprint density at radius 2 is 0.778 bits per heavy atom. The molecule has 1 aliphatic rings. The largest absolute Gasteiger partial charge is 1.00 e. The second-order valence-corrected chi connectivity index (χ2v) is 3.75.